The van der Waals surface area contributed by atoms with Gasteiger partial charge in [-0.25, -0.2) is 9.37 Å². The first-order valence-electron chi connectivity index (χ1n) is 4.01. The molecule has 0 bridgehead atoms. The van der Waals surface area contributed by atoms with Gasteiger partial charge in [-0.2, -0.15) is 9.97 Å². The molecule has 2 heterocycles. The summed E-state index contributed by atoms with van der Waals surface area (Å²) in [7, 11) is 0. The van der Waals surface area contributed by atoms with Gasteiger partial charge in [0.2, 0.25) is 10.7 Å². The molecule has 0 aliphatic carbocycles. The van der Waals surface area contributed by atoms with Crippen molar-refractivity contribution in [3.8, 4) is 11.5 Å². The largest absolute Gasteiger partial charge is 0.369 e. The number of rotatable bonds is 1. The van der Waals surface area contributed by atoms with E-state index in [1.165, 1.54) is 12.1 Å². The van der Waals surface area contributed by atoms with Gasteiger partial charge < -0.3 is 10.7 Å². The van der Waals surface area contributed by atoms with Crippen molar-refractivity contribution < 1.29 is 4.39 Å². The first-order valence-corrected chi connectivity index (χ1v) is 4.42. The average molecular weight is 223 g/mol. The summed E-state index contributed by atoms with van der Waals surface area (Å²) in [6, 6.07) is 2.75. The number of nitrogens with zero attached hydrogens (tertiary/aromatic N) is 3. The van der Waals surface area contributed by atoms with E-state index in [1.54, 1.807) is 0 Å². The van der Waals surface area contributed by atoms with E-state index >= 15 is 0 Å². The topological polar surface area (TPSA) is 80.5 Å². The highest BCUT2D eigenvalue weighted by atomic mass is 32.1. The van der Waals surface area contributed by atoms with Gasteiger partial charge in [0.1, 0.15) is 11.5 Å². The van der Waals surface area contributed by atoms with Crippen molar-refractivity contribution in [1.29, 1.82) is 0 Å². The summed E-state index contributed by atoms with van der Waals surface area (Å²) in [6.07, 6.45) is 1.09. The van der Waals surface area contributed by atoms with Gasteiger partial charge in [0.25, 0.3) is 0 Å². The molecule has 76 valence electrons. The van der Waals surface area contributed by atoms with Gasteiger partial charge in [-0.15, -0.1) is 0 Å². The van der Waals surface area contributed by atoms with Crippen molar-refractivity contribution >= 4 is 18.2 Å². The molecule has 15 heavy (non-hydrogen) atoms. The van der Waals surface area contributed by atoms with Gasteiger partial charge in [-0.3, -0.25) is 0 Å². The van der Waals surface area contributed by atoms with Crippen LogP contribution in [-0.4, -0.2) is 19.9 Å². The van der Waals surface area contributed by atoms with Gasteiger partial charge in [0, 0.05) is 0 Å². The first kappa shape index (κ1) is 9.66. The molecule has 0 amide bonds. The highest BCUT2D eigenvalue weighted by molar-refractivity contribution is 7.71. The zero-order valence-corrected chi connectivity index (χ0v) is 8.25. The Kier molecular flexibility index (Phi) is 2.38. The molecule has 0 spiro atoms. The maximum absolute atomic E-state index is 12.6. The minimum Gasteiger partial charge on any atom is -0.369 e. The van der Waals surface area contributed by atoms with Crippen molar-refractivity contribution in [3.05, 3.63) is 28.9 Å². The van der Waals surface area contributed by atoms with Crippen LogP contribution in [0.1, 0.15) is 0 Å². The molecule has 0 saturated heterocycles. The van der Waals surface area contributed by atoms with E-state index in [4.69, 9.17) is 18.0 Å². The monoisotopic (exact) mass is 223 g/mol. The minimum atomic E-state index is -0.417. The van der Waals surface area contributed by atoms with Crippen molar-refractivity contribution in [2.24, 2.45) is 0 Å². The smallest absolute Gasteiger partial charge is 0.224 e. The van der Waals surface area contributed by atoms with Crippen molar-refractivity contribution in [2.45, 2.75) is 0 Å². The van der Waals surface area contributed by atoms with Crippen LogP contribution in [0.5, 0.6) is 0 Å². The van der Waals surface area contributed by atoms with Crippen molar-refractivity contribution in [2.75, 3.05) is 5.73 Å². The summed E-state index contributed by atoms with van der Waals surface area (Å²) in [4.78, 5) is 14.1. The van der Waals surface area contributed by atoms with Crippen LogP contribution in [0.4, 0.5) is 10.3 Å². The summed E-state index contributed by atoms with van der Waals surface area (Å²) >= 11 is 4.79. The van der Waals surface area contributed by atoms with E-state index in [9.17, 15) is 4.39 Å². The lowest BCUT2D eigenvalue weighted by atomic mass is 10.3. The summed E-state index contributed by atoms with van der Waals surface area (Å²) in [5, 5.41) is 0. The van der Waals surface area contributed by atoms with E-state index in [2.05, 4.69) is 19.9 Å². The molecule has 0 unspecified atom stereocenters. The fourth-order valence-electron chi connectivity index (χ4n) is 1.04. The van der Waals surface area contributed by atoms with E-state index in [1.807, 2.05) is 0 Å². The Morgan fingerprint density at radius 2 is 2.13 bits per heavy atom. The number of nitrogen functional groups attached to an aromatic ring is 1. The number of nitrogens with two attached hydrogens (primary N) is 1. The van der Waals surface area contributed by atoms with Gasteiger partial charge in [-0.1, -0.05) is 0 Å². The number of hydrogen-bond acceptors (Lipinski definition) is 5. The van der Waals surface area contributed by atoms with Crippen LogP contribution >= 0.6 is 12.2 Å². The van der Waals surface area contributed by atoms with E-state index in [-0.39, 0.29) is 10.7 Å². The van der Waals surface area contributed by atoms with E-state index in [0.29, 0.717) is 11.5 Å². The van der Waals surface area contributed by atoms with Crippen LogP contribution in [0.25, 0.3) is 11.5 Å². The Labute approximate surface area is 89.2 Å². The van der Waals surface area contributed by atoms with Crippen LogP contribution in [0.2, 0.25) is 0 Å². The Morgan fingerprint density at radius 1 is 1.33 bits per heavy atom. The molecule has 7 heteroatoms. The van der Waals surface area contributed by atoms with Gasteiger partial charge in [0.05, 0.1) is 6.20 Å². The average Bonchev–Trinajstić information content (AvgIpc) is 2.17. The third-order valence-electron chi connectivity index (χ3n) is 1.64. The van der Waals surface area contributed by atoms with E-state index in [0.717, 1.165) is 6.20 Å². The SMILES string of the molecule is Nc1nc(=S)nc(-c2ccc(F)cn2)[nH]1. The number of aromatic nitrogens is 4. The zero-order chi connectivity index (χ0) is 10.8. The van der Waals surface area contributed by atoms with Crippen LogP contribution in [-0.2, 0) is 0 Å². The lowest BCUT2D eigenvalue weighted by Gasteiger charge is -2.00. The molecular weight excluding hydrogens is 217 g/mol. The number of pyridine rings is 1. The quantitative estimate of drug-likeness (QED) is 0.712. The minimum absolute atomic E-state index is 0.118. The maximum Gasteiger partial charge on any atom is 0.224 e. The highest BCUT2D eigenvalue weighted by Crippen LogP contribution is 2.11. The molecule has 0 radical (unpaired) electrons. The first-order chi connectivity index (χ1) is 7.15. The second-order valence-corrected chi connectivity index (χ2v) is 3.09. The van der Waals surface area contributed by atoms with Gasteiger partial charge >= 0.3 is 0 Å². The number of nitrogens with one attached hydrogen (secondary N) is 1. The Balaban J connectivity index is 2.54. The number of halogens is 1. The van der Waals surface area contributed by atoms with E-state index < -0.39 is 5.82 Å². The molecule has 3 N–H and O–H groups in total. The third kappa shape index (κ3) is 2.13. The number of hydrogen-bond donors (Lipinski definition) is 2. The fourth-order valence-corrected chi connectivity index (χ4v) is 1.23. The molecule has 0 atom stereocenters. The normalized spacial score (nSPS) is 10.2. The molecule has 2 aromatic heterocycles. The molecule has 0 fully saturated rings. The maximum atomic E-state index is 12.6. The number of H-pyrrole nitrogens is 1. The molecule has 0 saturated carbocycles. The predicted octanol–water partition coefficient (Wildman–Crippen LogP) is 1.32. The lowest BCUT2D eigenvalue weighted by Crippen LogP contribution is -2.00. The lowest BCUT2D eigenvalue weighted by molar-refractivity contribution is 0.621. The van der Waals surface area contributed by atoms with Gasteiger partial charge in [0.15, 0.2) is 5.82 Å². The summed E-state index contributed by atoms with van der Waals surface area (Å²) in [6.45, 7) is 0. The Morgan fingerprint density at radius 3 is 2.73 bits per heavy atom. The fraction of sp³-hybridized carbons (Fsp3) is 0. The standard InChI is InChI=1S/C8H6FN5S/c9-4-1-2-5(11-3-4)6-12-7(10)14-8(15)13-6/h1-3H,(H3,10,12,13,14,15). The zero-order valence-electron chi connectivity index (χ0n) is 7.44. The van der Waals surface area contributed by atoms with Crippen LogP contribution in [0, 0.1) is 10.6 Å². The predicted molar refractivity (Wildman–Crippen MR) is 54.8 cm³/mol. The molecule has 2 aromatic rings. The van der Waals surface area contributed by atoms with Crippen LogP contribution < -0.4 is 5.73 Å². The molecular formula is C8H6FN5S. The highest BCUT2D eigenvalue weighted by Gasteiger charge is 2.03. The number of aromatic amines is 1. The summed E-state index contributed by atoms with van der Waals surface area (Å²) in [5.41, 5.74) is 5.91. The molecule has 2 rings (SSSR count). The second kappa shape index (κ2) is 3.70. The Bertz CT molecular complexity index is 535. The molecule has 0 aliphatic rings. The van der Waals surface area contributed by atoms with Crippen molar-refractivity contribution in [1.82, 2.24) is 19.9 Å². The summed E-state index contributed by atoms with van der Waals surface area (Å²) in [5.74, 6) is 0.100. The third-order valence-corrected chi connectivity index (χ3v) is 1.82. The van der Waals surface area contributed by atoms with Crippen LogP contribution in [0.3, 0.4) is 0 Å². The van der Waals surface area contributed by atoms with Crippen LogP contribution in [0.15, 0.2) is 18.3 Å². The summed E-state index contributed by atoms with van der Waals surface area (Å²) < 4.78 is 12.7. The molecule has 0 aromatic carbocycles. The second-order valence-electron chi connectivity index (χ2n) is 2.73. The van der Waals surface area contributed by atoms with Crippen molar-refractivity contribution in [3.63, 3.8) is 0 Å². The van der Waals surface area contributed by atoms with Gasteiger partial charge in [-0.05, 0) is 24.4 Å². The Hall–Kier alpha value is -1.89. The number of anilines is 1. The molecule has 5 nitrogen and oxygen atoms in total. The molecule has 0 aliphatic heterocycles.